The van der Waals surface area contributed by atoms with Crippen LogP contribution in [-0.4, -0.2) is 11.8 Å². The Labute approximate surface area is 159 Å². The number of carbonyl (C=O) groups excluding carboxylic acids is 2. The summed E-state index contributed by atoms with van der Waals surface area (Å²) in [7, 11) is 0. The fourth-order valence-corrected chi connectivity index (χ4v) is 4.14. The molecule has 0 unspecified atom stereocenters. The number of fused-ring (bicyclic) bond motifs is 1. The number of aryl methyl sites for hydroxylation is 2. The fourth-order valence-electron chi connectivity index (χ4n) is 4.14. The number of anilines is 1. The lowest BCUT2D eigenvalue weighted by atomic mass is 9.78. The molecule has 4 rings (SSSR count). The van der Waals surface area contributed by atoms with E-state index in [1.165, 1.54) is 4.90 Å². The number of ether oxygens (including phenoxy) is 1. The molecular formula is C23H23NO3. The highest BCUT2D eigenvalue weighted by molar-refractivity contribution is 6.22. The van der Waals surface area contributed by atoms with E-state index in [4.69, 9.17) is 4.74 Å². The number of nitrogens with zero attached hydrogens (tertiary/aromatic N) is 1. The quantitative estimate of drug-likeness (QED) is 0.583. The van der Waals surface area contributed by atoms with Crippen molar-refractivity contribution in [2.75, 3.05) is 4.90 Å². The van der Waals surface area contributed by atoms with E-state index < -0.39 is 0 Å². The lowest BCUT2D eigenvalue weighted by Gasteiger charge is -2.22. The lowest BCUT2D eigenvalue weighted by Crippen LogP contribution is -2.31. The standard InChI is InChI=1S/C23H23NO3/c1-14-6-5-9-19-20(14)23(26)24(22(19)25)17-10-12-18(13-11-17)27-21-15(2)7-4-8-16(21)3/h4-8,10-14,19-20H,9H2,1-3H3/t14-,19+,20-/m0/s1. The first-order valence-corrected chi connectivity index (χ1v) is 9.36. The molecule has 2 aromatic rings. The summed E-state index contributed by atoms with van der Waals surface area (Å²) < 4.78 is 6.02. The zero-order valence-electron chi connectivity index (χ0n) is 15.8. The van der Waals surface area contributed by atoms with Gasteiger partial charge in [0.15, 0.2) is 0 Å². The van der Waals surface area contributed by atoms with E-state index >= 15 is 0 Å². The predicted octanol–water partition coefficient (Wildman–Crippen LogP) is 4.80. The van der Waals surface area contributed by atoms with Crippen molar-refractivity contribution >= 4 is 17.5 Å². The van der Waals surface area contributed by atoms with Crippen LogP contribution in [0.25, 0.3) is 0 Å². The summed E-state index contributed by atoms with van der Waals surface area (Å²) in [6.45, 7) is 6.02. The maximum Gasteiger partial charge on any atom is 0.238 e. The molecule has 1 aliphatic carbocycles. The molecule has 3 atom stereocenters. The van der Waals surface area contributed by atoms with Gasteiger partial charge in [-0.05, 0) is 61.6 Å². The molecule has 0 radical (unpaired) electrons. The predicted molar refractivity (Wildman–Crippen MR) is 105 cm³/mol. The highest BCUT2D eigenvalue weighted by Crippen LogP contribution is 2.41. The van der Waals surface area contributed by atoms with Crippen LogP contribution in [0.4, 0.5) is 5.69 Å². The number of amides is 2. The van der Waals surface area contributed by atoms with Gasteiger partial charge in [-0.25, -0.2) is 0 Å². The molecule has 1 saturated heterocycles. The highest BCUT2D eigenvalue weighted by atomic mass is 16.5. The largest absolute Gasteiger partial charge is 0.457 e. The molecular weight excluding hydrogens is 338 g/mol. The van der Waals surface area contributed by atoms with Gasteiger partial charge >= 0.3 is 0 Å². The molecule has 0 spiro atoms. The van der Waals surface area contributed by atoms with Crippen molar-refractivity contribution in [3.05, 3.63) is 65.7 Å². The Hall–Kier alpha value is -2.88. The first kappa shape index (κ1) is 17.5. The summed E-state index contributed by atoms with van der Waals surface area (Å²) in [6, 6.07) is 13.2. The summed E-state index contributed by atoms with van der Waals surface area (Å²) in [5.41, 5.74) is 2.74. The number of benzene rings is 2. The second-order valence-electron chi connectivity index (χ2n) is 7.48. The van der Waals surface area contributed by atoms with Crippen LogP contribution >= 0.6 is 0 Å². The molecule has 27 heavy (non-hydrogen) atoms. The molecule has 2 aliphatic rings. The molecule has 138 valence electrons. The number of hydrogen-bond acceptors (Lipinski definition) is 3. The summed E-state index contributed by atoms with van der Waals surface area (Å²) in [5.74, 6) is 0.954. The first-order valence-electron chi connectivity index (χ1n) is 9.36. The Balaban J connectivity index is 1.58. The van der Waals surface area contributed by atoms with E-state index in [1.54, 1.807) is 12.1 Å². The molecule has 2 amide bonds. The normalized spacial score (nSPS) is 24.3. The molecule has 0 bridgehead atoms. The summed E-state index contributed by atoms with van der Waals surface area (Å²) in [6.07, 6.45) is 4.70. The number of para-hydroxylation sites is 1. The van der Waals surface area contributed by atoms with E-state index in [1.807, 2.05) is 63.3 Å². The summed E-state index contributed by atoms with van der Waals surface area (Å²) in [4.78, 5) is 27.0. The molecule has 1 fully saturated rings. The minimum Gasteiger partial charge on any atom is -0.457 e. The number of allylic oxidation sites excluding steroid dienone is 2. The van der Waals surface area contributed by atoms with Crippen LogP contribution in [0.1, 0.15) is 24.5 Å². The number of carbonyl (C=O) groups is 2. The maximum atomic E-state index is 12.9. The monoisotopic (exact) mass is 361 g/mol. The minimum atomic E-state index is -0.243. The SMILES string of the molecule is Cc1cccc(C)c1Oc1ccc(N2C(=O)[C@H]3[C@@H](C)C=CC[C@H]3C2=O)cc1. The van der Waals surface area contributed by atoms with Crippen molar-refractivity contribution in [3.8, 4) is 11.5 Å². The van der Waals surface area contributed by atoms with Crippen molar-refractivity contribution < 1.29 is 14.3 Å². The van der Waals surface area contributed by atoms with E-state index in [2.05, 4.69) is 0 Å². The third-order valence-electron chi connectivity index (χ3n) is 5.60. The third kappa shape index (κ3) is 2.95. The van der Waals surface area contributed by atoms with Crippen molar-refractivity contribution in [2.24, 2.45) is 17.8 Å². The molecule has 1 heterocycles. The van der Waals surface area contributed by atoms with Gasteiger partial charge in [0.2, 0.25) is 11.8 Å². The van der Waals surface area contributed by atoms with Gasteiger partial charge < -0.3 is 4.74 Å². The Kier molecular flexibility index (Phi) is 4.34. The molecule has 1 aliphatic heterocycles. The van der Waals surface area contributed by atoms with Gasteiger partial charge in [0.05, 0.1) is 17.5 Å². The van der Waals surface area contributed by atoms with Gasteiger partial charge in [-0.3, -0.25) is 14.5 Å². The number of imide groups is 1. The van der Waals surface area contributed by atoms with Crippen LogP contribution < -0.4 is 9.64 Å². The first-order chi connectivity index (χ1) is 13.0. The average Bonchev–Trinajstić information content (AvgIpc) is 2.91. The molecule has 0 N–H and O–H groups in total. The number of hydrogen-bond donors (Lipinski definition) is 0. The Morgan fingerprint density at radius 3 is 2.26 bits per heavy atom. The Bertz CT molecular complexity index is 909. The van der Waals surface area contributed by atoms with Gasteiger partial charge in [0.25, 0.3) is 0 Å². The van der Waals surface area contributed by atoms with Gasteiger partial charge in [-0.2, -0.15) is 0 Å². The van der Waals surface area contributed by atoms with Crippen molar-refractivity contribution in [1.82, 2.24) is 0 Å². The smallest absolute Gasteiger partial charge is 0.238 e. The number of rotatable bonds is 3. The third-order valence-corrected chi connectivity index (χ3v) is 5.60. The van der Waals surface area contributed by atoms with Crippen LogP contribution in [0.5, 0.6) is 11.5 Å². The Morgan fingerprint density at radius 2 is 1.63 bits per heavy atom. The van der Waals surface area contributed by atoms with Crippen LogP contribution in [-0.2, 0) is 9.59 Å². The van der Waals surface area contributed by atoms with E-state index in [-0.39, 0.29) is 29.6 Å². The zero-order chi connectivity index (χ0) is 19.1. The highest BCUT2D eigenvalue weighted by Gasteiger charge is 2.50. The lowest BCUT2D eigenvalue weighted by molar-refractivity contribution is -0.122. The van der Waals surface area contributed by atoms with Crippen LogP contribution in [0.2, 0.25) is 0 Å². The van der Waals surface area contributed by atoms with Crippen molar-refractivity contribution in [2.45, 2.75) is 27.2 Å². The van der Waals surface area contributed by atoms with Crippen molar-refractivity contribution in [3.63, 3.8) is 0 Å². The van der Waals surface area contributed by atoms with Crippen LogP contribution in [0.3, 0.4) is 0 Å². The zero-order valence-corrected chi connectivity index (χ0v) is 15.8. The van der Waals surface area contributed by atoms with Gasteiger partial charge in [0, 0.05) is 0 Å². The second kappa shape index (κ2) is 6.69. The van der Waals surface area contributed by atoms with E-state index in [0.29, 0.717) is 17.9 Å². The van der Waals surface area contributed by atoms with Gasteiger partial charge in [-0.15, -0.1) is 0 Å². The molecule has 0 saturated carbocycles. The van der Waals surface area contributed by atoms with Gasteiger partial charge in [-0.1, -0.05) is 37.3 Å². The molecule has 4 heteroatoms. The second-order valence-corrected chi connectivity index (χ2v) is 7.48. The Morgan fingerprint density at radius 1 is 0.963 bits per heavy atom. The molecule has 0 aromatic heterocycles. The van der Waals surface area contributed by atoms with Crippen LogP contribution in [0.15, 0.2) is 54.6 Å². The maximum absolute atomic E-state index is 12.9. The van der Waals surface area contributed by atoms with E-state index in [9.17, 15) is 9.59 Å². The average molecular weight is 361 g/mol. The van der Waals surface area contributed by atoms with Gasteiger partial charge in [0.1, 0.15) is 11.5 Å². The minimum absolute atomic E-state index is 0.0923. The summed E-state index contributed by atoms with van der Waals surface area (Å²) >= 11 is 0. The molecule has 4 nitrogen and oxygen atoms in total. The topological polar surface area (TPSA) is 46.6 Å². The van der Waals surface area contributed by atoms with Crippen LogP contribution in [0, 0.1) is 31.6 Å². The molecule has 2 aromatic carbocycles. The van der Waals surface area contributed by atoms with E-state index in [0.717, 1.165) is 16.9 Å². The van der Waals surface area contributed by atoms with Crippen molar-refractivity contribution in [1.29, 1.82) is 0 Å². The summed E-state index contributed by atoms with van der Waals surface area (Å²) in [5, 5.41) is 0. The fraction of sp³-hybridized carbons (Fsp3) is 0.304.